The first-order chi connectivity index (χ1) is 11.7. The number of nitrogens with zero attached hydrogens (tertiary/aromatic N) is 2. The van der Waals surface area contributed by atoms with E-state index in [1.165, 1.54) is 17.8 Å². The second-order valence-corrected chi connectivity index (χ2v) is 7.25. The molecule has 0 radical (unpaired) electrons. The van der Waals surface area contributed by atoms with Gasteiger partial charge in [-0.15, -0.1) is 11.3 Å². The van der Waals surface area contributed by atoms with Crippen LogP contribution in [0.15, 0.2) is 17.5 Å². The summed E-state index contributed by atoms with van der Waals surface area (Å²) in [4.78, 5) is 30.9. The maximum Gasteiger partial charge on any atom is 0.357 e. The third-order valence-electron chi connectivity index (χ3n) is 4.66. The van der Waals surface area contributed by atoms with Crippen LogP contribution >= 0.6 is 11.3 Å². The van der Waals surface area contributed by atoms with Crippen LogP contribution in [0.25, 0.3) is 0 Å². The normalized spacial score (nSPS) is 23.5. The summed E-state index contributed by atoms with van der Waals surface area (Å²) in [6.07, 6.45) is 10.3. The van der Waals surface area contributed by atoms with Gasteiger partial charge in [-0.3, -0.25) is 4.79 Å². The van der Waals surface area contributed by atoms with E-state index in [0.717, 1.165) is 37.2 Å². The molecular formula is C18H24N2O3S. The fourth-order valence-corrected chi connectivity index (χ4v) is 4.39. The summed E-state index contributed by atoms with van der Waals surface area (Å²) >= 11 is 1.45. The molecule has 3 rings (SSSR count). The molecule has 5 nitrogen and oxygen atoms in total. The van der Waals surface area contributed by atoms with Crippen molar-refractivity contribution in [2.45, 2.75) is 51.5 Å². The molecule has 6 heteroatoms. The third kappa shape index (κ3) is 3.86. The monoisotopic (exact) mass is 348 g/mol. The maximum absolute atomic E-state index is 12.7. The summed E-state index contributed by atoms with van der Waals surface area (Å²) in [6.45, 7) is 2.91. The minimum absolute atomic E-state index is 0.0123. The van der Waals surface area contributed by atoms with Crippen molar-refractivity contribution in [3.05, 3.63) is 28.2 Å². The van der Waals surface area contributed by atoms with Crippen LogP contribution in [0.4, 0.5) is 0 Å². The van der Waals surface area contributed by atoms with Crippen molar-refractivity contribution in [3.8, 4) is 0 Å². The molecule has 0 bridgehead atoms. The average molecular weight is 348 g/mol. The Morgan fingerprint density at radius 2 is 2.25 bits per heavy atom. The van der Waals surface area contributed by atoms with Crippen LogP contribution in [0.3, 0.4) is 0 Å². The van der Waals surface area contributed by atoms with E-state index < -0.39 is 0 Å². The predicted molar refractivity (Wildman–Crippen MR) is 92.9 cm³/mol. The Morgan fingerprint density at radius 1 is 1.38 bits per heavy atom. The van der Waals surface area contributed by atoms with E-state index in [1.807, 2.05) is 4.90 Å². The first-order valence-electron chi connectivity index (χ1n) is 8.77. The van der Waals surface area contributed by atoms with E-state index >= 15 is 0 Å². The molecule has 1 aromatic rings. The summed E-state index contributed by atoms with van der Waals surface area (Å²) in [5.41, 5.74) is 0.353. The minimum atomic E-state index is -0.386. The van der Waals surface area contributed by atoms with Gasteiger partial charge in [-0.2, -0.15) is 0 Å². The Balaban J connectivity index is 1.66. The topological polar surface area (TPSA) is 59.5 Å². The lowest BCUT2D eigenvalue weighted by molar-refractivity contribution is -0.132. The minimum Gasteiger partial charge on any atom is -0.461 e. The van der Waals surface area contributed by atoms with Crippen molar-refractivity contribution in [2.24, 2.45) is 5.92 Å². The Labute approximate surface area is 146 Å². The first kappa shape index (κ1) is 17.1. The molecule has 2 aliphatic rings. The zero-order valence-electron chi connectivity index (χ0n) is 14.1. The highest BCUT2D eigenvalue weighted by atomic mass is 32.1. The maximum atomic E-state index is 12.7. The molecule has 0 aromatic carbocycles. The molecule has 2 heterocycles. The van der Waals surface area contributed by atoms with E-state index in [4.69, 9.17) is 4.74 Å². The van der Waals surface area contributed by atoms with Gasteiger partial charge in [-0.25, -0.2) is 9.78 Å². The lowest BCUT2D eigenvalue weighted by Crippen LogP contribution is -2.32. The Morgan fingerprint density at radius 3 is 3.00 bits per heavy atom. The largest absolute Gasteiger partial charge is 0.461 e. The zero-order valence-corrected chi connectivity index (χ0v) is 14.9. The molecule has 1 fully saturated rings. The number of hydrogen-bond acceptors (Lipinski definition) is 5. The van der Waals surface area contributed by atoms with Crippen molar-refractivity contribution < 1.29 is 14.3 Å². The second kappa shape index (κ2) is 7.92. The van der Waals surface area contributed by atoms with Gasteiger partial charge < -0.3 is 9.64 Å². The van der Waals surface area contributed by atoms with Crippen molar-refractivity contribution in [3.63, 3.8) is 0 Å². The number of carbonyl (C=O) groups excluding carboxylic acids is 2. The molecular weight excluding hydrogens is 324 g/mol. The molecule has 1 aromatic heterocycles. The number of amides is 1. The number of rotatable bonds is 5. The highest BCUT2D eigenvalue weighted by Crippen LogP contribution is 2.35. The number of likely N-dealkylation sites (tertiary alicyclic amines) is 1. The van der Waals surface area contributed by atoms with E-state index in [0.29, 0.717) is 24.6 Å². The van der Waals surface area contributed by atoms with E-state index in [2.05, 4.69) is 17.1 Å². The fourth-order valence-electron chi connectivity index (χ4n) is 3.46. The van der Waals surface area contributed by atoms with Crippen LogP contribution in [0.1, 0.15) is 67.0 Å². The number of hydrogen-bond donors (Lipinski definition) is 0. The van der Waals surface area contributed by atoms with Gasteiger partial charge in [-0.1, -0.05) is 12.2 Å². The number of carbonyl (C=O) groups is 2. The lowest BCUT2D eigenvalue weighted by Gasteiger charge is -2.25. The number of thiazole rings is 1. The zero-order chi connectivity index (χ0) is 16.9. The number of aromatic nitrogens is 1. The molecule has 24 heavy (non-hydrogen) atoms. The third-order valence-corrected chi connectivity index (χ3v) is 5.60. The Hall–Kier alpha value is -1.69. The molecule has 0 saturated carbocycles. The van der Waals surface area contributed by atoms with Gasteiger partial charge in [0.1, 0.15) is 5.01 Å². The van der Waals surface area contributed by atoms with Crippen molar-refractivity contribution in [2.75, 3.05) is 13.2 Å². The fraction of sp³-hybridized carbons (Fsp3) is 0.611. The quantitative estimate of drug-likeness (QED) is 0.601. The van der Waals surface area contributed by atoms with Crippen molar-refractivity contribution in [1.29, 1.82) is 0 Å². The van der Waals surface area contributed by atoms with Crippen LogP contribution in [-0.4, -0.2) is 34.9 Å². The van der Waals surface area contributed by atoms with Gasteiger partial charge in [0, 0.05) is 18.3 Å². The van der Waals surface area contributed by atoms with Crippen LogP contribution in [0.2, 0.25) is 0 Å². The Bertz CT molecular complexity index is 626. The van der Waals surface area contributed by atoms with Crippen LogP contribution in [0, 0.1) is 5.92 Å². The molecule has 1 amide bonds. The van der Waals surface area contributed by atoms with Gasteiger partial charge in [0.25, 0.3) is 0 Å². The standard InChI is InChI=1S/C18H24N2O3S/c1-2-23-18(22)14-12-24-17(19-14)15-9-6-10-20(15)16(21)11-13-7-4-3-5-8-13/h4,7,12-13,15H,2-3,5-6,8-11H2,1H3/t13-,15-/m0/s1. The number of allylic oxidation sites excluding steroid dienone is 2. The van der Waals surface area contributed by atoms with Gasteiger partial charge in [0.2, 0.25) is 5.91 Å². The van der Waals surface area contributed by atoms with Gasteiger partial charge in [0.15, 0.2) is 5.69 Å². The molecule has 1 aliphatic carbocycles. The molecule has 0 N–H and O–H groups in total. The van der Waals surface area contributed by atoms with Gasteiger partial charge >= 0.3 is 5.97 Å². The molecule has 1 aliphatic heterocycles. The highest BCUT2D eigenvalue weighted by molar-refractivity contribution is 7.09. The van der Waals surface area contributed by atoms with E-state index in [1.54, 1.807) is 12.3 Å². The van der Waals surface area contributed by atoms with Crippen molar-refractivity contribution in [1.82, 2.24) is 9.88 Å². The molecule has 0 unspecified atom stereocenters. The summed E-state index contributed by atoms with van der Waals surface area (Å²) in [7, 11) is 0. The van der Waals surface area contributed by atoms with Crippen LogP contribution < -0.4 is 0 Å². The van der Waals surface area contributed by atoms with Gasteiger partial charge in [-0.05, 0) is 44.9 Å². The molecule has 2 atom stereocenters. The second-order valence-electron chi connectivity index (χ2n) is 6.36. The van der Waals surface area contributed by atoms with Crippen molar-refractivity contribution >= 4 is 23.2 Å². The number of esters is 1. The molecule has 1 saturated heterocycles. The Kier molecular flexibility index (Phi) is 5.66. The van der Waals surface area contributed by atoms with Gasteiger partial charge in [0.05, 0.1) is 12.6 Å². The van der Waals surface area contributed by atoms with E-state index in [-0.39, 0.29) is 17.9 Å². The predicted octanol–water partition coefficient (Wildman–Crippen LogP) is 3.73. The van der Waals surface area contributed by atoms with Crippen LogP contribution in [0.5, 0.6) is 0 Å². The number of ether oxygens (including phenoxy) is 1. The molecule has 130 valence electrons. The summed E-state index contributed by atoms with van der Waals surface area (Å²) in [5.74, 6) is 0.198. The SMILES string of the molecule is CCOC(=O)c1csc([C@@H]2CCCN2C(=O)C[C@H]2C=CCCC2)n1. The summed E-state index contributed by atoms with van der Waals surface area (Å²) in [6, 6.07) is 0.0123. The lowest BCUT2D eigenvalue weighted by atomic mass is 9.92. The van der Waals surface area contributed by atoms with Crippen LogP contribution in [-0.2, 0) is 9.53 Å². The highest BCUT2D eigenvalue weighted by Gasteiger charge is 2.33. The molecule has 0 spiro atoms. The average Bonchev–Trinajstić information content (AvgIpc) is 3.25. The smallest absolute Gasteiger partial charge is 0.357 e. The summed E-state index contributed by atoms with van der Waals surface area (Å²) in [5, 5.41) is 2.58. The first-order valence-corrected chi connectivity index (χ1v) is 9.65. The van der Waals surface area contributed by atoms with E-state index in [9.17, 15) is 9.59 Å². The summed E-state index contributed by atoms with van der Waals surface area (Å²) < 4.78 is 5.00.